The number of benzene rings is 1. The Morgan fingerprint density at radius 3 is 2.57 bits per heavy atom. The zero-order valence-electron chi connectivity index (χ0n) is 14.6. The van der Waals surface area contributed by atoms with Gasteiger partial charge in [0.05, 0.1) is 40.8 Å². The minimum absolute atomic E-state index is 0.207. The highest BCUT2D eigenvalue weighted by Gasteiger charge is 2.57. The van der Waals surface area contributed by atoms with Crippen LogP contribution in [0.3, 0.4) is 0 Å². The van der Waals surface area contributed by atoms with Crippen molar-refractivity contribution in [1.82, 2.24) is 4.98 Å². The summed E-state index contributed by atoms with van der Waals surface area (Å²) in [5.74, 6) is -0.475. The van der Waals surface area contributed by atoms with E-state index in [1.54, 1.807) is 43.5 Å². The van der Waals surface area contributed by atoms with Crippen LogP contribution in [0.2, 0.25) is 0 Å². The molecule has 0 radical (unpaired) electrons. The zero-order chi connectivity index (χ0) is 19.4. The molecule has 2 amide bonds. The Hall–Kier alpha value is -2.78. The summed E-state index contributed by atoms with van der Waals surface area (Å²) in [6.45, 7) is 0. The van der Waals surface area contributed by atoms with E-state index in [0.717, 1.165) is 16.2 Å². The van der Waals surface area contributed by atoms with E-state index >= 15 is 0 Å². The molecule has 1 aromatic carbocycles. The number of aromatic amines is 1. The number of imide groups is 1. The molecule has 3 atom stereocenters. The van der Waals surface area contributed by atoms with Crippen LogP contribution in [0.5, 0.6) is 5.75 Å². The van der Waals surface area contributed by atoms with E-state index < -0.39 is 17.1 Å². The molecule has 2 unspecified atom stereocenters. The number of hydrogen-bond acceptors (Lipinski definition) is 7. The number of H-pyrrole nitrogens is 1. The van der Waals surface area contributed by atoms with Gasteiger partial charge in [0.1, 0.15) is 16.8 Å². The first-order chi connectivity index (χ1) is 13.6. The van der Waals surface area contributed by atoms with Crippen LogP contribution in [0.4, 0.5) is 5.69 Å². The Balaban J connectivity index is 1.61. The maximum atomic E-state index is 13.4. The summed E-state index contributed by atoms with van der Waals surface area (Å²) in [7, 11) is 1.56. The summed E-state index contributed by atoms with van der Waals surface area (Å²) in [4.78, 5) is 43.0. The number of thiazole rings is 1. The third-order valence-electron chi connectivity index (χ3n) is 5.00. The van der Waals surface area contributed by atoms with Gasteiger partial charge in [-0.1, -0.05) is 23.1 Å². The smallest absolute Gasteiger partial charge is 0.305 e. The number of carbonyl (C=O) groups is 2. The monoisotopic (exact) mass is 414 g/mol. The zero-order valence-corrected chi connectivity index (χ0v) is 16.2. The van der Waals surface area contributed by atoms with E-state index in [0.29, 0.717) is 22.2 Å². The number of nitrogens with zero attached hydrogens (tertiary/aromatic N) is 1. The Kier molecular flexibility index (Phi) is 3.95. The second kappa shape index (κ2) is 6.39. The lowest BCUT2D eigenvalue weighted by Crippen LogP contribution is -2.32. The first kappa shape index (κ1) is 17.3. The Bertz CT molecular complexity index is 1120. The third-order valence-corrected chi connectivity index (χ3v) is 7.41. The molecule has 2 aliphatic heterocycles. The highest BCUT2D eigenvalue weighted by molar-refractivity contribution is 8.00. The maximum absolute atomic E-state index is 13.4. The average Bonchev–Trinajstić information content (AvgIpc) is 3.40. The van der Waals surface area contributed by atoms with Gasteiger partial charge in [0.25, 0.3) is 0 Å². The van der Waals surface area contributed by atoms with Crippen LogP contribution < -0.4 is 14.5 Å². The fourth-order valence-electron chi connectivity index (χ4n) is 3.78. The molecule has 9 heteroatoms. The van der Waals surface area contributed by atoms with Crippen LogP contribution in [0.1, 0.15) is 16.6 Å². The third kappa shape index (κ3) is 2.46. The Labute approximate surface area is 167 Å². The van der Waals surface area contributed by atoms with Gasteiger partial charge in [-0.05, 0) is 36.4 Å². The maximum Gasteiger partial charge on any atom is 0.305 e. The van der Waals surface area contributed by atoms with Gasteiger partial charge < -0.3 is 14.1 Å². The standard InChI is InChI=1S/C19H14N2O5S2/c1-25-10-6-4-9(5-7-10)21-17(22)13-12(11-3-2-8-26-11)14-16(20-19(24)28-14)27-15(13)18(21)23/h2-8,12-13,15H,1H3,(H,20,24)/t12-,13?,15?/m1/s1. The van der Waals surface area contributed by atoms with Gasteiger partial charge in [0.2, 0.25) is 11.8 Å². The number of fused-ring (bicyclic) bond motifs is 2. The number of thioether (sulfide) groups is 1. The lowest BCUT2D eigenvalue weighted by Gasteiger charge is -2.27. The molecular formula is C19H14N2O5S2. The molecule has 4 heterocycles. The molecule has 0 aliphatic carbocycles. The molecule has 28 heavy (non-hydrogen) atoms. The first-order valence-corrected chi connectivity index (χ1v) is 10.2. The molecular weight excluding hydrogens is 400 g/mol. The summed E-state index contributed by atoms with van der Waals surface area (Å²) in [6.07, 6.45) is 1.53. The average molecular weight is 414 g/mol. The van der Waals surface area contributed by atoms with E-state index in [1.165, 1.54) is 22.9 Å². The number of carbonyl (C=O) groups excluding carboxylic acids is 2. The molecule has 142 valence electrons. The molecule has 1 saturated heterocycles. The number of amides is 2. The highest BCUT2D eigenvalue weighted by Crippen LogP contribution is 2.53. The van der Waals surface area contributed by atoms with E-state index in [9.17, 15) is 14.4 Å². The van der Waals surface area contributed by atoms with Gasteiger partial charge in [-0.2, -0.15) is 0 Å². The Morgan fingerprint density at radius 2 is 1.89 bits per heavy atom. The van der Waals surface area contributed by atoms with Gasteiger partial charge in [0, 0.05) is 0 Å². The molecule has 3 aromatic rings. The number of nitrogens with one attached hydrogen (secondary N) is 1. The van der Waals surface area contributed by atoms with Crippen LogP contribution in [0.15, 0.2) is 56.9 Å². The fraction of sp³-hybridized carbons (Fsp3) is 0.211. The minimum atomic E-state index is -0.635. The SMILES string of the molecule is COc1ccc(N2C(=O)C3Sc4[nH]c(=O)sc4[C@H](c4ccco4)C3C2=O)cc1. The number of ether oxygens (including phenoxy) is 1. The minimum Gasteiger partial charge on any atom is -0.497 e. The van der Waals surface area contributed by atoms with Crippen molar-refractivity contribution in [3.8, 4) is 5.75 Å². The molecule has 1 N–H and O–H groups in total. The predicted octanol–water partition coefficient (Wildman–Crippen LogP) is 2.83. The van der Waals surface area contributed by atoms with Gasteiger partial charge in [-0.25, -0.2) is 4.90 Å². The van der Waals surface area contributed by atoms with E-state index in [-0.39, 0.29) is 16.7 Å². The quantitative estimate of drug-likeness (QED) is 0.663. The molecule has 2 aliphatic rings. The van der Waals surface area contributed by atoms with E-state index in [1.807, 2.05) is 0 Å². The number of aromatic nitrogens is 1. The summed E-state index contributed by atoms with van der Waals surface area (Å²) >= 11 is 2.30. The van der Waals surface area contributed by atoms with Crippen molar-refractivity contribution in [2.75, 3.05) is 12.0 Å². The molecule has 7 nitrogen and oxygen atoms in total. The lowest BCUT2D eigenvalue weighted by molar-refractivity contribution is -0.122. The van der Waals surface area contributed by atoms with Crippen molar-refractivity contribution < 1.29 is 18.7 Å². The summed E-state index contributed by atoms with van der Waals surface area (Å²) < 4.78 is 10.7. The molecule has 5 rings (SSSR count). The lowest BCUT2D eigenvalue weighted by atomic mass is 9.87. The second-order valence-electron chi connectivity index (χ2n) is 6.48. The van der Waals surface area contributed by atoms with Gasteiger partial charge in [0.15, 0.2) is 0 Å². The van der Waals surface area contributed by atoms with Gasteiger partial charge in [-0.3, -0.25) is 14.4 Å². The van der Waals surface area contributed by atoms with E-state index in [4.69, 9.17) is 9.15 Å². The number of furan rings is 1. The fourth-order valence-corrected chi connectivity index (χ4v) is 6.27. The second-order valence-corrected chi connectivity index (χ2v) is 8.64. The van der Waals surface area contributed by atoms with Crippen molar-refractivity contribution in [1.29, 1.82) is 0 Å². The number of methoxy groups -OCH3 is 1. The van der Waals surface area contributed by atoms with Gasteiger partial charge in [-0.15, -0.1) is 0 Å². The topological polar surface area (TPSA) is 92.6 Å². The van der Waals surface area contributed by atoms with Gasteiger partial charge >= 0.3 is 4.87 Å². The number of anilines is 1. The van der Waals surface area contributed by atoms with Crippen LogP contribution in [0, 0.1) is 5.92 Å². The first-order valence-electron chi connectivity index (χ1n) is 8.53. The van der Waals surface area contributed by atoms with Crippen molar-refractivity contribution in [3.05, 3.63) is 63.0 Å². The Morgan fingerprint density at radius 1 is 1.11 bits per heavy atom. The number of rotatable bonds is 3. The molecule has 0 bridgehead atoms. The predicted molar refractivity (Wildman–Crippen MR) is 104 cm³/mol. The van der Waals surface area contributed by atoms with Crippen molar-refractivity contribution in [2.24, 2.45) is 5.92 Å². The molecule has 1 fully saturated rings. The van der Waals surface area contributed by atoms with Crippen LogP contribution in [-0.2, 0) is 9.59 Å². The van der Waals surface area contributed by atoms with Crippen LogP contribution in [0.25, 0.3) is 0 Å². The summed E-state index contributed by atoms with van der Waals surface area (Å²) in [5.41, 5.74) is 0.501. The number of hydrogen-bond donors (Lipinski definition) is 1. The van der Waals surface area contributed by atoms with Crippen molar-refractivity contribution in [3.63, 3.8) is 0 Å². The molecule has 2 aromatic heterocycles. The van der Waals surface area contributed by atoms with Crippen LogP contribution in [-0.4, -0.2) is 29.2 Å². The molecule has 0 spiro atoms. The van der Waals surface area contributed by atoms with Crippen LogP contribution >= 0.6 is 23.1 Å². The highest BCUT2D eigenvalue weighted by atomic mass is 32.2. The normalized spacial score (nSPS) is 23.6. The summed E-state index contributed by atoms with van der Waals surface area (Å²) in [6, 6.07) is 10.3. The largest absolute Gasteiger partial charge is 0.497 e. The summed E-state index contributed by atoms with van der Waals surface area (Å²) in [5, 5.41) is 0.0119. The van der Waals surface area contributed by atoms with E-state index in [2.05, 4.69) is 4.98 Å². The van der Waals surface area contributed by atoms with Crippen molar-refractivity contribution in [2.45, 2.75) is 16.2 Å². The molecule has 0 saturated carbocycles. The van der Waals surface area contributed by atoms with Crippen molar-refractivity contribution >= 4 is 40.6 Å².